The van der Waals surface area contributed by atoms with Crippen LogP contribution in [0.15, 0.2) is 53.7 Å². The fourth-order valence-electron chi connectivity index (χ4n) is 4.25. The Morgan fingerprint density at radius 1 is 1.22 bits per heavy atom. The topological polar surface area (TPSA) is 72.3 Å². The summed E-state index contributed by atoms with van der Waals surface area (Å²) in [6, 6.07) is 16.0. The summed E-state index contributed by atoms with van der Waals surface area (Å²) in [6.45, 7) is 6.07. The number of rotatable bonds is 7. The molecule has 4 rings (SSSR count). The summed E-state index contributed by atoms with van der Waals surface area (Å²) in [7, 11) is -3.06. The highest BCUT2D eigenvalue weighted by Gasteiger charge is 2.36. The first-order valence-electron chi connectivity index (χ1n) is 11.0. The maximum absolute atomic E-state index is 13.3. The molecule has 1 amide bonds. The van der Waals surface area contributed by atoms with Gasteiger partial charge < -0.3 is 4.90 Å². The number of amides is 1. The Hall–Kier alpha value is -2.32. The standard InChI is InChI=1S/C24H29N3O3S2/c1-4-18(3)26(20-13-14-32(29,30)16-20)23(28)15-31-24-25-21-7-5-6-8-22(21)27(24)19-11-9-17(2)10-12-19/h5-12,18,20H,4,13-16H2,1-3H3/t18-,20-/m1/s1. The maximum atomic E-state index is 13.3. The molecule has 3 aromatic rings. The van der Waals surface area contributed by atoms with Crippen molar-refractivity contribution < 1.29 is 13.2 Å². The Morgan fingerprint density at radius 3 is 2.59 bits per heavy atom. The van der Waals surface area contributed by atoms with Crippen LogP contribution >= 0.6 is 11.8 Å². The van der Waals surface area contributed by atoms with E-state index in [1.807, 2.05) is 38.1 Å². The number of carbonyl (C=O) groups excluding carboxylic acids is 1. The number of hydrogen-bond donors (Lipinski definition) is 0. The molecule has 0 spiro atoms. The van der Waals surface area contributed by atoms with Gasteiger partial charge in [0.25, 0.3) is 0 Å². The normalized spacial score (nSPS) is 18.7. The Morgan fingerprint density at radius 2 is 1.94 bits per heavy atom. The van der Waals surface area contributed by atoms with Crippen LogP contribution in [0.5, 0.6) is 0 Å². The van der Waals surface area contributed by atoms with E-state index < -0.39 is 9.84 Å². The molecule has 1 aromatic heterocycles. The number of imidazole rings is 1. The minimum absolute atomic E-state index is 0.00249. The van der Waals surface area contributed by atoms with Crippen molar-refractivity contribution in [3.63, 3.8) is 0 Å². The lowest BCUT2D eigenvalue weighted by Crippen LogP contribution is -2.47. The first kappa shape index (κ1) is 22.9. The van der Waals surface area contributed by atoms with Crippen LogP contribution in [0.3, 0.4) is 0 Å². The number of thioether (sulfide) groups is 1. The number of nitrogens with zero attached hydrogens (tertiary/aromatic N) is 3. The fraction of sp³-hybridized carbons (Fsp3) is 0.417. The number of para-hydroxylation sites is 2. The zero-order valence-corrected chi connectivity index (χ0v) is 20.3. The highest BCUT2D eigenvalue weighted by molar-refractivity contribution is 7.99. The summed E-state index contributed by atoms with van der Waals surface area (Å²) in [5.41, 5.74) is 4.05. The summed E-state index contributed by atoms with van der Waals surface area (Å²) < 4.78 is 26.1. The van der Waals surface area contributed by atoms with E-state index in [2.05, 4.69) is 35.8 Å². The molecule has 32 heavy (non-hydrogen) atoms. The van der Waals surface area contributed by atoms with Crippen molar-refractivity contribution in [1.29, 1.82) is 0 Å². The first-order valence-corrected chi connectivity index (χ1v) is 13.8. The summed E-state index contributed by atoms with van der Waals surface area (Å²) in [5.74, 6) is 0.411. The third kappa shape index (κ3) is 4.71. The van der Waals surface area contributed by atoms with Gasteiger partial charge in [0.15, 0.2) is 15.0 Å². The molecule has 2 heterocycles. The van der Waals surface area contributed by atoms with Crippen LogP contribution in [0.4, 0.5) is 0 Å². The molecule has 0 aliphatic carbocycles. The van der Waals surface area contributed by atoms with Crippen molar-refractivity contribution in [3.8, 4) is 5.69 Å². The summed E-state index contributed by atoms with van der Waals surface area (Å²) in [4.78, 5) is 19.9. The molecule has 0 bridgehead atoms. The van der Waals surface area contributed by atoms with E-state index >= 15 is 0 Å². The number of aromatic nitrogens is 2. The second-order valence-corrected chi connectivity index (χ2v) is 11.6. The molecule has 170 valence electrons. The van der Waals surface area contributed by atoms with Crippen LogP contribution in [0.2, 0.25) is 0 Å². The van der Waals surface area contributed by atoms with Gasteiger partial charge in [0.05, 0.1) is 28.3 Å². The minimum atomic E-state index is -3.06. The number of benzene rings is 2. The number of hydrogen-bond acceptors (Lipinski definition) is 5. The van der Waals surface area contributed by atoms with Crippen molar-refractivity contribution >= 4 is 38.5 Å². The predicted molar refractivity (Wildman–Crippen MR) is 130 cm³/mol. The lowest BCUT2D eigenvalue weighted by Gasteiger charge is -2.33. The third-order valence-corrected chi connectivity index (χ3v) is 8.78. The zero-order chi connectivity index (χ0) is 22.9. The van der Waals surface area contributed by atoms with Crippen LogP contribution in [0.1, 0.15) is 32.3 Å². The number of carbonyl (C=O) groups is 1. The van der Waals surface area contributed by atoms with Gasteiger partial charge in [-0.25, -0.2) is 13.4 Å². The molecule has 0 N–H and O–H groups in total. The quantitative estimate of drug-likeness (QED) is 0.482. The number of sulfone groups is 1. The molecule has 6 nitrogen and oxygen atoms in total. The van der Waals surface area contributed by atoms with Gasteiger partial charge in [-0.15, -0.1) is 0 Å². The molecule has 0 unspecified atom stereocenters. The lowest BCUT2D eigenvalue weighted by molar-refractivity contribution is -0.132. The van der Waals surface area contributed by atoms with Crippen LogP contribution in [-0.4, -0.2) is 58.1 Å². The van der Waals surface area contributed by atoms with Gasteiger partial charge in [0.2, 0.25) is 5.91 Å². The second kappa shape index (κ2) is 9.27. The second-order valence-electron chi connectivity index (χ2n) is 8.46. The molecule has 2 atom stereocenters. The van der Waals surface area contributed by atoms with Crippen LogP contribution < -0.4 is 0 Å². The van der Waals surface area contributed by atoms with Gasteiger partial charge in [-0.05, 0) is 51.0 Å². The molecule has 0 saturated carbocycles. The molecule has 0 radical (unpaired) electrons. The summed E-state index contributed by atoms with van der Waals surface area (Å²) >= 11 is 1.41. The molecule has 1 aliphatic rings. The minimum Gasteiger partial charge on any atom is -0.335 e. The van der Waals surface area contributed by atoms with E-state index in [1.54, 1.807) is 4.90 Å². The molecular weight excluding hydrogens is 442 g/mol. The van der Waals surface area contributed by atoms with Crippen molar-refractivity contribution in [1.82, 2.24) is 14.5 Å². The van der Waals surface area contributed by atoms with Crippen LogP contribution in [0.25, 0.3) is 16.7 Å². The summed E-state index contributed by atoms with van der Waals surface area (Å²) in [5, 5.41) is 0.756. The van der Waals surface area contributed by atoms with Gasteiger partial charge in [-0.3, -0.25) is 9.36 Å². The molecule has 8 heteroatoms. The Balaban J connectivity index is 1.61. The van der Waals surface area contributed by atoms with Gasteiger partial charge in [-0.1, -0.05) is 48.5 Å². The van der Waals surface area contributed by atoms with Crippen molar-refractivity contribution in [2.45, 2.75) is 50.9 Å². The van der Waals surface area contributed by atoms with E-state index in [4.69, 9.17) is 4.98 Å². The zero-order valence-electron chi connectivity index (χ0n) is 18.7. The molecule has 1 aliphatic heterocycles. The van der Waals surface area contributed by atoms with Crippen molar-refractivity contribution in [3.05, 3.63) is 54.1 Å². The third-order valence-electron chi connectivity index (χ3n) is 6.10. The molecule has 2 aromatic carbocycles. The SMILES string of the molecule is CC[C@@H](C)N(C(=O)CSc1nc2ccccc2n1-c1ccc(C)cc1)[C@@H]1CCS(=O)(=O)C1. The molecular formula is C24H29N3O3S2. The Kier molecular flexibility index (Phi) is 6.62. The van der Waals surface area contributed by atoms with Gasteiger partial charge in [-0.2, -0.15) is 0 Å². The fourth-order valence-corrected chi connectivity index (χ4v) is 6.85. The van der Waals surface area contributed by atoms with Gasteiger partial charge in [0, 0.05) is 17.8 Å². The lowest BCUT2D eigenvalue weighted by atomic mass is 10.1. The molecule has 1 saturated heterocycles. The van der Waals surface area contributed by atoms with E-state index in [9.17, 15) is 13.2 Å². The van der Waals surface area contributed by atoms with E-state index in [0.717, 1.165) is 28.3 Å². The van der Waals surface area contributed by atoms with Gasteiger partial charge >= 0.3 is 0 Å². The van der Waals surface area contributed by atoms with Crippen molar-refractivity contribution in [2.75, 3.05) is 17.3 Å². The van der Waals surface area contributed by atoms with Crippen LogP contribution in [0, 0.1) is 6.92 Å². The molecule has 1 fully saturated rings. The van der Waals surface area contributed by atoms with E-state index in [0.29, 0.717) is 6.42 Å². The Labute approximate surface area is 193 Å². The average molecular weight is 472 g/mol. The highest BCUT2D eigenvalue weighted by atomic mass is 32.2. The van der Waals surface area contributed by atoms with Crippen LogP contribution in [-0.2, 0) is 14.6 Å². The highest BCUT2D eigenvalue weighted by Crippen LogP contribution is 2.29. The smallest absolute Gasteiger partial charge is 0.233 e. The predicted octanol–water partition coefficient (Wildman–Crippen LogP) is 4.24. The number of aryl methyl sites for hydroxylation is 1. The maximum Gasteiger partial charge on any atom is 0.233 e. The Bertz CT molecular complexity index is 1220. The van der Waals surface area contributed by atoms with Gasteiger partial charge in [0.1, 0.15) is 0 Å². The van der Waals surface area contributed by atoms with E-state index in [-0.39, 0.29) is 35.2 Å². The van der Waals surface area contributed by atoms with E-state index in [1.165, 1.54) is 17.3 Å². The summed E-state index contributed by atoms with van der Waals surface area (Å²) in [6.07, 6.45) is 1.31. The monoisotopic (exact) mass is 471 g/mol. The number of fused-ring (bicyclic) bond motifs is 1. The average Bonchev–Trinajstić information content (AvgIpc) is 3.32. The largest absolute Gasteiger partial charge is 0.335 e. The van der Waals surface area contributed by atoms with Crippen molar-refractivity contribution in [2.24, 2.45) is 0 Å². The first-order chi connectivity index (χ1) is 15.3.